The number of nitrogens with zero attached hydrogens (tertiary/aromatic N) is 2. The van der Waals surface area contributed by atoms with E-state index in [2.05, 4.69) is 41.6 Å². The number of ether oxygens (including phenoxy) is 1. The Morgan fingerprint density at radius 2 is 2.12 bits per heavy atom. The van der Waals surface area contributed by atoms with Crippen molar-refractivity contribution >= 4 is 5.97 Å². The fraction of sp³-hybridized carbons (Fsp3) is 0.682. The van der Waals surface area contributed by atoms with Gasteiger partial charge in [-0.15, -0.1) is 0 Å². The smallest absolute Gasteiger partial charge is 0.332 e. The third-order valence-corrected chi connectivity index (χ3v) is 6.28. The number of piperidine rings is 1. The lowest BCUT2D eigenvalue weighted by Gasteiger charge is -2.38. The molecule has 0 amide bonds. The van der Waals surface area contributed by atoms with E-state index in [1.54, 1.807) is 6.08 Å². The second-order valence-electron chi connectivity index (χ2n) is 8.05. The molecule has 4 heteroatoms. The van der Waals surface area contributed by atoms with Crippen molar-refractivity contribution in [1.29, 1.82) is 0 Å². The molecule has 0 aromatic heterocycles. The lowest BCUT2D eigenvalue weighted by molar-refractivity contribution is -0.148. The van der Waals surface area contributed by atoms with Crippen LogP contribution in [0.25, 0.3) is 0 Å². The van der Waals surface area contributed by atoms with Crippen LogP contribution in [0.1, 0.15) is 52.4 Å². The van der Waals surface area contributed by atoms with E-state index in [1.807, 2.05) is 0 Å². The lowest BCUT2D eigenvalue weighted by atomic mass is 9.77. The van der Waals surface area contributed by atoms with E-state index in [0.717, 1.165) is 63.0 Å². The van der Waals surface area contributed by atoms with Gasteiger partial charge in [-0.25, -0.2) is 4.79 Å². The number of carbonyl (C=O) groups is 1. The highest BCUT2D eigenvalue weighted by Crippen LogP contribution is 2.53. The Balaban J connectivity index is 1.59. The maximum atomic E-state index is 12.2. The predicted molar refractivity (Wildman–Crippen MR) is 103 cm³/mol. The van der Waals surface area contributed by atoms with Crippen molar-refractivity contribution < 1.29 is 9.53 Å². The molecule has 2 bridgehead atoms. The zero-order chi connectivity index (χ0) is 18.1. The summed E-state index contributed by atoms with van der Waals surface area (Å²) in [5.41, 5.74) is 1.67. The molecule has 3 heterocycles. The first-order valence-electron chi connectivity index (χ1n) is 10.3. The highest BCUT2D eigenvalue weighted by Gasteiger charge is 2.61. The lowest BCUT2D eigenvalue weighted by Crippen LogP contribution is -2.48. The Morgan fingerprint density at radius 3 is 2.88 bits per heavy atom. The summed E-state index contributed by atoms with van der Waals surface area (Å²) < 4.78 is 5.96. The van der Waals surface area contributed by atoms with E-state index >= 15 is 0 Å². The summed E-state index contributed by atoms with van der Waals surface area (Å²) >= 11 is 0. The van der Waals surface area contributed by atoms with Crippen LogP contribution in [0, 0.1) is 11.8 Å². The fourth-order valence-electron chi connectivity index (χ4n) is 5.32. The van der Waals surface area contributed by atoms with Crippen molar-refractivity contribution in [3.63, 3.8) is 0 Å². The molecule has 0 N–H and O–H groups in total. The highest BCUT2D eigenvalue weighted by molar-refractivity contribution is 5.90. The van der Waals surface area contributed by atoms with E-state index in [9.17, 15) is 4.79 Å². The summed E-state index contributed by atoms with van der Waals surface area (Å²) in [4.78, 5) is 17.1. The summed E-state index contributed by atoms with van der Waals surface area (Å²) in [5, 5.41) is 0. The molecule has 4 nitrogen and oxygen atoms in total. The summed E-state index contributed by atoms with van der Waals surface area (Å²) in [6.07, 6.45) is 10.8. The Morgan fingerprint density at radius 1 is 1.31 bits per heavy atom. The van der Waals surface area contributed by atoms with Crippen LogP contribution in [-0.4, -0.2) is 59.6 Å². The number of esters is 1. The van der Waals surface area contributed by atoms with Crippen molar-refractivity contribution in [2.75, 3.05) is 26.2 Å². The minimum absolute atomic E-state index is 0.181. The molecule has 2 fully saturated rings. The molecule has 0 radical (unpaired) electrons. The SMILES string of the molecule is CCCN(CC#CC1=CC2CC3(OC(=O)C=C13)C1CCCCN21)CCC. The van der Waals surface area contributed by atoms with Crippen LogP contribution in [0.4, 0.5) is 0 Å². The molecule has 3 atom stereocenters. The molecule has 2 saturated heterocycles. The number of rotatable bonds is 5. The van der Waals surface area contributed by atoms with Crippen molar-refractivity contribution in [1.82, 2.24) is 9.80 Å². The van der Waals surface area contributed by atoms with Gasteiger partial charge in [-0.05, 0) is 45.3 Å². The van der Waals surface area contributed by atoms with E-state index < -0.39 is 5.60 Å². The normalized spacial score (nSPS) is 32.3. The fourth-order valence-corrected chi connectivity index (χ4v) is 5.32. The zero-order valence-electron chi connectivity index (χ0n) is 16.1. The second kappa shape index (κ2) is 7.21. The van der Waals surface area contributed by atoms with Crippen molar-refractivity contribution in [2.45, 2.75) is 70.1 Å². The summed E-state index contributed by atoms with van der Waals surface area (Å²) in [6.45, 7) is 8.52. The highest BCUT2D eigenvalue weighted by atomic mass is 16.6. The summed E-state index contributed by atoms with van der Waals surface area (Å²) in [7, 11) is 0. The number of hydrogen-bond donors (Lipinski definition) is 0. The van der Waals surface area contributed by atoms with E-state index in [1.165, 1.54) is 12.8 Å². The standard InChI is InChI=1S/C22H30N2O2/c1-3-10-23(11-4-2)12-7-8-17-14-18-16-22(19(17)15-21(25)26-22)20-9-5-6-13-24(18)20/h14-15,18,20H,3-6,9-13,16H2,1-2H3. The quantitative estimate of drug-likeness (QED) is 0.561. The van der Waals surface area contributed by atoms with Crippen LogP contribution in [0.15, 0.2) is 23.3 Å². The van der Waals surface area contributed by atoms with Crippen LogP contribution >= 0.6 is 0 Å². The molecule has 4 rings (SSSR count). The van der Waals surface area contributed by atoms with Crippen LogP contribution in [0.2, 0.25) is 0 Å². The van der Waals surface area contributed by atoms with Crippen LogP contribution in [0.5, 0.6) is 0 Å². The minimum Gasteiger partial charge on any atom is -0.449 e. The maximum Gasteiger partial charge on any atom is 0.332 e. The van der Waals surface area contributed by atoms with E-state index in [0.29, 0.717) is 12.1 Å². The third kappa shape index (κ3) is 2.92. The number of fused-ring (bicyclic) bond motifs is 3. The van der Waals surface area contributed by atoms with Crippen molar-refractivity contribution in [2.24, 2.45) is 0 Å². The number of hydrogen-bond acceptors (Lipinski definition) is 4. The molecule has 140 valence electrons. The van der Waals surface area contributed by atoms with Crippen molar-refractivity contribution in [3.05, 3.63) is 23.3 Å². The van der Waals surface area contributed by atoms with Gasteiger partial charge < -0.3 is 4.74 Å². The molecular formula is C22H30N2O2. The first kappa shape index (κ1) is 17.8. The minimum atomic E-state index is -0.423. The maximum absolute atomic E-state index is 12.2. The van der Waals surface area contributed by atoms with Crippen LogP contribution in [-0.2, 0) is 9.53 Å². The first-order chi connectivity index (χ1) is 12.7. The molecule has 0 aromatic rings. The molecule has 26 heavy (non-hydrogen) atoms. The van der Waals surface area contributed by atoms with Gasteiger partial charge in [-0.1, -0.05) is 38.2 Å². The largest absolute Gasteiger partial charge is 0.449 e. The molecule has 3 unspecified atom stereocenters. The molecule has 0 saturated carbocycles. The second-order valence-corrected chi connectivity index (χ2v) is 8.05. The van der Waals surface area contributed by atoms with Gasteiger partial charge in [0.1, 0.15) is 0 Å². The monoisotopic (exact) mass is 354 g/mol. The molecular weight excluding hydrogens is 324 g/mol. The number of carbonyl (C=O) groups excluding carboxylic acids is 1. The van der Waals surface area contributed by atoms with Crippen LogP contribution < -0.4 is 0 Å². The summed E-state index contributed by atoms with van der Waals surface area (Å²) in [5.74, 6) is 6.61. The van der Waals surface area contributed by atoms with Gasteiger partial charge in [0.15, 0.2) is 5.60 Å². The van der Waals surface area contributed by atoms with Gasteiger partial charge in [-0.3, -0.25) is 9.80 Å². The van der Waals surface area contributed by atoms with E-state index in [4.69, 9.17) is 4.74 Å². The first-order valence-corrected chi connectivity index (χ1v) is 10.3. The average molecular weight is 354 g/mol. The van der Waals surface area contributed by atoms with Gasteiger partial charge in [-0.2, -0.15) is 0 Å². The molecule has 1 spiro atoms. The van der Waals surface area contributed by atoms with Gasteiger partial charge in [0.25, 0.3) is 0 Å². The van der Waals surface area contributed by atoms with Crippen molar-refractivity contribution in [3.8, 4) is 11.8 Å². The van der Waals surface area contributed by atoms with Gasteiger partial charge in [0.2, 0.25) is 0 Å². The molecule has 4 aliphatic rings. The van der Waals surface area contributed by atoms with Gasteiger partial charge >= 0.3 is 5.97 Å². The molecule has 1 aliphatic carbocycles. The van der Waals surface area contributed by atoms with E-state index in [-0.39, 0.29) is 5.97 Å². The van der Waals surface area contributed by atoms with Gasteiger partial charge in [0, 0.05) is 29.7 Å². The zero-order valence-corrected chi connectivity index (χ0v) is 16.1. The Kier molecular flexibility index (Phi) is 4.94. The Bertz CT molecular complexity index is 693. The Labute approximate surface area is 157 Å². The topological polar surface area (TPSA) is 32.8 Å². The van der Waals surface area contributed by atoms with Gasteiger partial charge in [0.05, 0.1) is 12.6 Å². The Hall–Kier alpha value is -1.57. The molecule has 3 aliphatic heterocycles. The molecule has 0 aromatic carbocycles. The summed E-state index contributed by atoms with van der Waals surface area (Å²) in [6, 6.07) is 0.709. The third-order valence-electron chi connectivity index (χ3n) is 6.28. The van der Waals surface area contributed by atoms with Crippen LogP contribution in [0.3, 0.4) is 0 Å². The average Bonchev–Trinajstić information content (AvgIpc) is 3.11. The predicted octanol–water partition coefficient (Wildman–Crippen LogP) is 2.90.